The number of aliphatic hydroxyl groups is 3. The molecule has 2 aromatic heterocycles. The van der Waals surface area contributed by atoms with E-state index in [0.29, 0.717) is 16.2 Å². The number of nitrogen functional groups attached to an aromatic ring is 1. The van der Waals surface area contributed by atoms with Gasteiger partial charge in [0.2, 0.25) is 5.95 Å². The smallest absolute Gasteiger partial charge is 0.204 e. The minimum Gasteiger partial charge on any atom is -0.394 e. The Hall–Kier alpha value is -1.46. The molecule has 1 fully saturated rings. The van der Waals surface area contributed by atoms with Gasteiger partial charge in [-0.05, 0) is 6.26 Å². The molecule has 4 atom stereocenters. The topological polar surface area (TPSA) is 140 Å². The second kappa shape index (κ2) is 5.39. The third-order valence-electron chi connectivity index (χ3n) is 3.44. The summed E-state index contributed by atoms with van der Waals surface area (Å²) in [6.07, 6.45) is -1.08. The normalized spacial score (nSPS) is 29.3. The van der Waals surface area contributed by atoms with Crippen molar-refractivity contribution in [3.8, 4) is 0 Å². The zero-order valence-corrected chi connectivity index (χ0v) is 11.9. The quantitative estimate of drug-likeness (QED) is 0.404. The summed E-state index contributed by atoms with van der Waals surface area (Å²) in [5.74, 6) is 0.0932. The molecule has 0 spiro atoms. The number of rotatable bonds is 3. The van der Waals surface area contributed by atoms with Crippen LogP contribution in [0.3, 0.4) is 0 Å². The first-order valence-electron chi connectivity index (χ1n) is 6.23. The Morgan fingerprint density at radius 2 is 2.14 bits per heavy atom. The van der Waals surface area contributed by atoms with Gasteiger partial charge >= 0.3 is 0 Å². The Morgan fingerprint density at radius 1 is 1.38 bits per heavy atom. The van der Waals surface area contributed by atoms with E-state index in [9.17, 15) is 10.2 Å². The van der Waals surface area contributed by atoms with Crippen molar-refractivity contribution in [1.29, 1.82) is 0 Å². The van der Waals surface area contributed by atoms with Crippen molar-refractivity contribution in [2.75, 3.05) is 18.6 Å². The first-order valence-corrected chi connectivity index (χ1v) is 7.45. The average molecular weight is 313 g/mol. The monoisotopic (exact) mass is 313 g/mol. The number of hydrogen-bond acceptors (Lipinski definition) is 9. The summed E-state index contributed by atoms with van der Waals surface area (Å²) in [4.78, 5) is 12.4. The fourth-order valence-corrected chi connectivity index (χ4v) is 2.88. The zero-order chi connectivity index (χ0) is 15.1. The van der Waals surface area contributed by atoms with Gasteiger partial charge in [-0.2, -0.15) is 0 Å². The summed E-state index contributed by atoms with van der Waals surface area (Å²) >= 11 is 1.39. The zero-order valence-electron chi connectivity index (χ0n) is 11.1. The van der Waals surface area contributed by atoms with Crippen molar-refractivity contribution in [3.05, 3.63) is 6.33 Å². The minimum absolute atomic E-state index is 0.0932. The number of thioether (sulfide) groups is 1. The lowest BCUT2D eigenvalue weighted by Gasteiger charge is -2.17. The highest BCUT2D eigenvalue weighted by Gasteiger charge is 2.44. The molecule has 0 aliphatic carbocycles. The molecule has 0 amide bonds. The summed E-state index contributed by atoms with van der Waals surface area (Å²) in [7, 11) is 0. The Kier molecular flexibility index (Phi) is 3.71. The maximum Gasteiger partial charge on any atom is 0.204 e. The van der Waals surface area contributed by atoms with Crippen LogP contribution in [-0.4, -0.2) is 66.0 Å². The number of aromatic nitrogens is 4. The molecule has 0 radical (unpaired) electrons. The van der Waals surface area contributed by atoms with Crippen LogP contribution in [0.15, 0.2) is 11.4 Å². The molecule has 2 aromatic rings. The second-order valence-corrected chi connectivity index (χ2v) is 5.42. The van der Waals surface area contributed by atoms with E-state index in [-0.39, 0.29) is 5.95 Å². The summed E-state index contributed by atoms with van der Waals surface area (Å²) in [6, 6.07) is 0. The van der Waals surface area contributed by atoms with Crippen LogP contribution in [0, 0.1) is 0 Å². The first kappa shape index (κ1) is 14.5. The second-order valence-electron chi connectivity index (χ2n) is 4.62. The van der Waals surface area contributed by atoms with Crippen molar-refractivity contribution < 1.29 is 20.1 Å². The van der Waals surface area contributed by atoms with E-state index in [0.717, 1.165) is 0 Å². The van der Waals surface area contributed by atoms with Gasteiger partial charge < -0.3 is 25.8 Å². The fourth-order valence-electron chi connectivity index (χ4n) is 2.40. The van der Waals surface area contributed by atoms with Crippen molar-refractivity contribution in [1.82, 2.24) is 19.5 Å². The lowest BCUT2D eigenvalue weighted by molar-refractivity contribution is -0.0500. The highest BCUT2D eigenvalue weighted by atomic mass is 32.2. The molecule has 3 rings (SSSR count). The molecule has 0 aromatic carbocycles. The Labute approximate surface area is 123 Å². The number of nitrogens with zero attached hydrogens (tertiary/aromatic N) is 4. The number of anilines is 1. The molecule has 21 heavy (non-hydrogen) atoms. The molecule has 9 nitrogen and oxygen atoms in total. The van der Waals surface area contributed by atoms with Crippen LogP contribution in [0.2, 0.25) is 0 Å². The molecule has 1 aliphatic rings. The van der Waals surface area contributed by atoms with Crippen LogP contribution < -0.4 is 5.73 Å². The lowest BCUT2D eigenvalue weighted by Crippen LogP contribution is -2.33. The average Bonchev–Trinajstić information content (AvgIpc) is 2.96. The van der Waals surface area contributed by atoms with Gasteiger partial charge in [0.05, 0.1) is 6.61 Å². The molecule has 114 valence electrons. The summed E-state index contributed by atoms with van der Waals surface area (Å²) in [5, 5.41) is 29.7. The van der Waals surface area contributed by atoms with Gasteiger partial charge in [0, 0.05) is 0 Å². The van der Waals surface area contributed by atoms with E-state index in [4.69, 9.17) is 15.6 Å². The maximum atomic E-state index is 10.1. The SMILES string of the molecule is CSc1ncnc2c1nc(N)n2C1OC(CO)C(O)C1O. The lowest BCUT2D eigenvalue weighted by atomic mass is 10.1. The van der Waals surface area contributed by atoms with E-state index in [1.807, 2.05) is 6.26 Å². The van der Waals surface area contributed by atoms with Gasteiger partial charge in [-0.25, -0.2) is 15.0 Å². The maximum absolute atomic E-state index is 10.1. The third-order valence-corrected chi connectivity index (χ3v) is 4.12. The van der Waals surface area contributed by atoms with Gasteiger partial charge in [0.25, 0.3) is 0 Å². The van der Waals surface area contributed by atoms with Crippen LogP contribution in [0.5, 0.6) is 0 Å². The summed E-state index contributed by atoms with van der Waals surface area (Å²) in [6.45, 7) is -0.410. The highest BCUT2D eigenvalue weighted by molar-refractivity contribution is 7.98. The van der Waals surface area contributed by atoms with Crippen LogP contribution in [0.25, 0.3) is 11.2 Å². The predicted molar refractivity (Wildman–Crippen MR) is 74.5 cm³/mol. The van der Waals surface area contributed by atoms with Crippen molar-refractivity contribution >= 4 is 28.9 Å². The molecular formula is C11H15N5O4S. The molecule has 1 saturated heterocycles. The number of aliphatic hydroxyl groups excluding tert-OH is 3. The van der Waals surface area contributed by atoms with Crippen LogP contribution in [-0.2, 0) is 4.74 Å². The van der Waals surface area contributed by atoms with E-state index in [1.54, 1.807) is 0 Å². The van der Waals surface area contributed by atoms with Crippen molar-refractivity contribution in [3.63, 3.8) is 0 Å². The largest absolute Gasteiger partial charge is 0.394 e. The standard InChI is InChI=1S/C11H15N5O4S/c1-21-9-5-8(13-3-14-9)16(11(12)15-5)10-7(19)6(18)4(2-17)20-10/h3-4,6-7,10,17-19H,2H2,1H3,(H2,12,15). The fraction of sp³-hybridized carbons (Fsp3) is 0.545. The molecule has 0 saturated carbocycles. The number of imidazole rings is 1. The predicted octanol–water partition coefficient (Wildman–Crippen LogP) is -1.26. The van der Waals surface area contributed by atoms with Gasteiger partial charge in [-0.15, -0.1) is 11.8 Å². The molecule has 1 aliphatic heterocycles. The van der Waals surface area contributed by atoms with E-state index in [2.05, 4.69) is 15.0 Å². The minimum atomic E-state index is -1.24. The molecular weight excluding hydrogens is 298 g/mol. The summed E-state index contributed by atoms with van der Waals surface area (Å²) in [5.41, 5.74) is 6.80. The molecule has 10 heteroatoms. The van der Waals surface area contributed by atoms with E-state index < -0.39 is 31.1 Å². The molecule has 5 N–H and O–H groups in total. The molecule has 3 heterocycles. The highest BCUT2D eigenvalue weighted by Crippen LogP contribution is 2.34. The molecule has 0 bridgehead atoms. The number of nitrogens with two attached hydrogens (primary N) is 1. The van der Waals surface area contributed by atoms with Gasteiger partial charge in [0.1, 0.15) is 35.2 Å². The van der Waals surface area contributed by atoms with Crippen LogP contribution in [0.1, 0.15) is 6.23 Å². The van der Waals surface area contributed by atoms with Crippen molar-refractivity contribution in [2.24, 2.45) is 0 Å². The van der Waals surface area contributed by atoms with E-state index in [1.165, 1.54) is 22.7 Å². The van der Waals surface area contributed by atoms with Crippen LogP contribution in [0.4, 0.5) is 5.95 Å². The Bertz CT molecular complexity index is 665. The Morgan fingerprint density at radius 3 is 2.76 bits per heavy atom. The first-order chi connectivity index (χ1) is 10.1. The molecule has 4 unspecified atom stereocenters. The summed E-state index contributed by atoms with van der Waals surface area (Å²) < 4.78 is 6.87. The van der Waals surface area contributed by atoms with Crippen molar-refractivity contribution in [2.45, 2.75) is 29.6 Å². The van der Waals surface area contributed by atoms with Gasteiger partial charge in [-0.3, -0.25) is 4.57 Å². The van der Waals surface area contributed by atoms with Gasteiger partial charge in [0.15, 0.2) is 11.9 Å². The van der Waals surface area contributed by atoms with Crippen LogP contribution >= 0.6 is 11.8 Å². The number of hydrogen-bond donors (Lipinski definition) is 4. The third kappa shape index (κ3) is 2.15. The number of fused-ring (bicyclic) bond motifs is 1. The van der Waals surface area contributed by atoms with Gasteiger partial charge in [-0.1, -0.05) is 0 Å². The Balaban J connectivity index is 2.11. The number of ether oxygens (including phenoxy) is 1. The van der Waals surface area contributed by atoms with E-state index >= 15 is 0 Å².